The minimum Gasteiger partial charge on any atom is -0.383 e. The third-order valence-electron chi connectivity index (χ3n) is 4.92. The number of nitrogens with two attached hydrogens (primary N) is 1. The van der Waals surface area contributed by atoms with Gasteiger partial charge in [0.2, 0.25) is 0 Å². The van der Waals surface area contributed by atoms with Crippen molar-refractivity contribution in [1.29, 1.82) is 0 Å². The molecule has 0 bridgehead atoms. The molecule has 5 heteroatoms. The highest BCUT2D eigenvalue weighted by Gasteiger charge is 2.32. The Morgan fingerprint density at radius 2 is 2.23 bits per heavy atom. The number of hydrogen-bond acceptors (Lipinski definition) is 5. The first kappa shape index (κ1) is 14.2. The average Bonchev–Trinajstić information content (AvgIpc) is 3.24. The molecule has 4 rings (SSSR count). The number of pyridine rings is 1. The predicted octanol–water partition coefficient (Wildman–Crippen LogP) is 3.21. The molecule has 1 fully saturated rings. The van der Waals surface area contributed by atoms with E-state index in [0.29, 0.717) is 11.7 Å². The van der Waals surface area contributed by atoms with Crippen molar-refractivity contribution in [2.45, 2.75) is 44.4 Å². The van der Waals surface area contributed by atoms with Gasteiger partial charge < -0.3 is 10.8 Å². The van der Waals surface area contributed by atoms with Gasteiger partial charge >= 0.3 is 0 Å². The van der Waals surface area contributed by atoms with E-state index in [9.17, 15) is 5.11 Å². The van der Waals surface area contributed by atoms with Crippen molar-refractivity contribution in [1.82, 2.24) is 9.88 Å². The van der Waals surface area contributed by atoms with Crippen LogP contribution in [-0.2, 0) is 6.42 Å². The molecule has 1 saturated carbocycles. The highest BCUT2D eigenvalue weighted by molar-refractivity contribution is 7.10. The molecular weight excluding hydrogens is 294 g/mol. The molecule has 1 aliphatic heterocycles. The zero-order valence-electron chi connectivity index (χ0n) is 12.7. The highest BCUT2D eigenvalue weighted by atomic mass is 32.1. The van der Waals surface area contributed by atoms with Crippen LogP contribution >= 0.6 is 11.3 Å². The number of thiophene rings is 1. The zero-order chi connectivity index (χ0) is 15.3. The molecule has 2 aromatic rings. The van der Waals surface area contributed by atoms with E-state index in [1.807, 2.05) is 11.3 Å². The molecule has 1 aliphatic carbocycles. The second-order valence-electron chi connectivity index (χ2n) is 6.35. The number of nitrogen functional groups attached to an aromatic ring is 1. The molecule has 3 N–H and O–H groups in total. The van der Waals surface area contributed by atoms with Crippen LogP contribution in [0.1, 0.15) is 59.5 Å². The van der Waals surface area contributed by atoms with E-state index in [2.05, 4.69) is 34.3 Å². The maximum absolute atomic E-state index is 10.8. The normalized spacial score (nSPS) is 23.3. The molecular formula is C17H21N3OS. The van der Waals surface area contributed by atoms with Crippen LogP contribution in [0.5, 0.6) is 0 Å². The number of aliphatic hydroxyl groups is 1. The van der Waals surface area contributed by atoms with Gasteiger partial charge in [-0.2, -0.15) is 0 Å². The molecule has 0 aromatic carbocycles. The maximum atomic E-state index is 10.8. The standard InChI is InChI=1S/C17H21N3OS/c1-10-13-5-7-22-15(13)4-6-20(10)17(21)12-8-14(11-2-3-11)16(18)19-9-12/h5,7-11,17,21H,2-4,6H2,1H3,(H2,18,19)/t10-,17?/m1/s1. The fourth-order valence-electron chi connectivity index (χ4n) is 3.43. The molecule has 0 spiro atoms. The number of nitrogens with zero attached hydrogens (tertiary/aromatic N) is 2. The van der Waals surface area contributed by atoms with Crippen LogP contribution in [0.3, 0.4) is 0 Å². The molecule has 0 amide bonds. The van der Waals surface area contributed by atoms with Gasteiger partial charge in [0.15, 0.2) is 0 Å². The molecule has 0 radical (unpaired) electrons. The maximum Gasteiger partial charge on any atom is 0.135 e. The van der Waals surface area contributed by atoms with Gasteiger partial charge in [-0.3, -0.25) is 4.90 Å². The van der Waals surface area contributed by atoms with Crippen LogP contribution in [0.25, 0.3) is 0 Å². The lowest BCUT2D eigenvalue weighted by Crippen LogP contribution is -2.36. The summed E-state index contributed by atoms with van der Waals surface area (Å²) in [6.45, 7) is 3.04. The summed E-state index contributed by atoms with van der Waals surface area (Å²) in [5.41, 5.74) is 9.30. The van der Waals surface area contributed by atoms with Crippen molar-refractivity contribution in [3.05, 3.63) is 45.3 Å². The first-order valence-electron chi connectivity index (χ1n) is 7.90. The third-order valence-corrected chi connectivity index (χ3v) is 5.92. The van der Waals surface area contributed by atoms with Crippen LogP contribution in [-0.4, -0.2) is 21.5 Å². The molecule has 2 aromatic heterocycles. The Hall–Kier alpha value is -1.43. The number of rotatable bonds is 3. The van der Waals surface area contributed by atoms with Gasteiger partial charge in [0, 0.05) is 29.2 Å². The van der Waals surface area contributed by atoms with Gasteiger partial charge in [0.1, 0.15) is 12.0 Å². The van der Waals surface area contributed by atoms with Crippen molar-refractivity contribution < 1.29 is 5.11 Å². The molecule has 2 atom stereocenters. The molecule has 22 heavy (non-hydrogen) atoms. The summed E-state index contributed by atoms with van der Waals surface area (Å²) in [6, 6.07) is 4.47. The first-order chi connectivity index (χ1) is 10.6. The van der Waals surface area contributed by atoms with Gasteiger partial charge in [0.25, 0.3) is 0 Å². The zero-order valence-corrected chi connectivity index (χ0v) is 13.5. The summed E-state index contributed by atoms with van der Waals surface area (Å²) < 4.78 is 0. The molecule has 3 heterocycles. The summed E-state index contributed by atoms with van der Waals surface area (Å²) in [4.78, 5) is 7.91. The Morgan fingerprint density at radius 3 is 3.00 bits per heavy atom. The van der Waals surface area contributed by atoms with Crippen LogP contribution in [0.2, 0.25) is 0 Å². The summed E-state index contributed by atoms with van der Waals surface area (Å²) in [6.07, 6.45) is 4.48. The Bertz CT molecular complexity index is 695. The number of aliphatic hydroxyl groups excluding tert-OH is 1. The molecule has 1 unspecified atom stereocenters. The fourth-order valence-corrected chi connectivity index (χ4v) is 4.39. The minimum atomic E-state index is -0.617. The lowest BCUT2D eigenvalue weighted by molar-refractivity contribution is -0.0281. The van der Waals surface area contributed by atoms with Crippen LogP contribution in [0, 0.1) is 0 Å². The average molecular weight is 315 g/mol. The van der Waals surface area contributed by atoms with E-state index < -0.39 is 6.23 Å². The van der Waals surface area contributed by atoms with Crippen molar-refractivity contribution in [3.63, 3.8) is 0 Å². The Balaban J connectivity index is 1.62. The van der Waals surface area contributed by atoms with Crippen molar-refractivity contribution >= 4 is 17.2 Å². The Labute approximate surface area is 134 Å². The van der Waals surface area contributed by atoms with Gasteiger partial charge in [-0.05, 0) is 60.7 Å². The molecule has 2 aliphatic rings. The van der Waals surface area contributed by atoms with E-state index >= 15 is 0 Å². The summed E-state index contributed by atoms with van der Waals surface area (Å²) in [5.74, 6) is 1.16. The first-order valence-corrected chi connectivity index (χ1v) is 8.78. The van der Waals surface area contributed by atoms with Gasteiger partial charge in [0.05, 0.1) is 0 Å². The topological polar surface area (TPSA) is 62.4 Å². The lowest BCUT2D eigenvalue weighted by Gasteiger charge is -2.37. The van der Waals surface area contributed by atoms with E-state index in [-0.39, 0.29) is 6.04 Å². The number of fused-ring (bicyclic) bond motifs is 1. The van der Waals surface area contributed by atoms with E-state index in [4.69, 9.17) is 5.73 Å². The number of aromatic nitrogens is 1. The third kappa shape index (κ3) is 2.33. The summed E-state index contributed by atoms with van der Waals surface area (Å²) >= 11 is 1.82. The van der Waals surface area contributed by atoms with Crippen LogP contribution in [0.4, 0.5) is 5.82 Å². The van der Waals surface area contributed by atoms with E-state index in [0.717, 1.165) is 24.1 Å². The molecule has 4 nitrogen and oxygen atoms in total. The summed E-state index contributed by atoms with van der Waals surface area (Å²) in [7, 11) is 0. The summed E-state index contributed by atoms with van der Waals surface area (Å²) in [5, 5.41) is 13.0. The van der Waals surface area contributed by atoms with Crippen molar-refractivity contribution in [2.75, 3.05) is 12.3 Å². The van der Waals surface area contributed by atoms with Gasteiger partial charge in [-0.15, -0.1) is 11.3 Å². The van der Waals surface area contributed by atoms with Crippen molar-refractivity contribution in [2.24, 2.45) is 0 Å². The second-order valence-corrected chi connectivity index (χ2v) is 7.35. The van der Waals surface area contributed by atoms with E-state index in [1.165, 1.54) is 23.3 Å². The minimum absolute atomic E-state index is 0.229. The second kappa shape index (κ2) is 5.33. The Morgan fingerprint density at radius 1 is 1.41 bits per heavy atom. The molecule has 0 saturated heterocycles. The molecule has 116 valence electrons. The Kier molecular flexibility index (Phi) is 3.44. The number of anilines is 1. The quantitative estimate of drug-likeness (QED) is 0.913. The van der Waals surface area contributed by atoms with Crippen LogP contribution < -0.4 is 5.73 Å². The monoisotopic (exact) mass is 315 g/mol. The van der Waals surface area contributed by atoms with Crippen molar-refractivity contribution in [3.8, 4) is 0 Å². The highest BCUT2D eigenvalue weighted by Crippen LogP contribution is 2.43. The van der Waals surface area contributed by atoms with E-state index in [1.54, 1.807) is 6.20 Å². The largest absolute Gasteiger partial charge is 0.383 e. The van der Waals surface area contributed by atoms with Crippen LogP contribution in [0.15, 0.2) is 23.7 Å². The number of hydrogen-bond donors (Lipinski definition) is 2. The van der Waals surface area contributed by atoms with Gasteiger partial charge in [-0.1, -0.05) is 0 Å². The fraction of sp³-hybridized carbons (Fsp3) is 0.471. The predicted molar refractivity (Wildman–Crippen MR) is 88.7 cm³/mol. The smallest absolute Gasteiger partial charge is 0.135 e. The SMILES string of the molecule is C[C@@H]1c2ccsc2CCN1C(O)c1cnc(N)c(C2CC2)c1. The lowest BCUT2D eigenvalue weighted by atomic mass is 9.99. The van der Waals surface area contributed by atoms with Gasteiger partial charge in [-0.25, -0.2) is 4.98 Å².